The number of anilines is 1. The highest BCUT2D eigenvalue weighted by Gasteiger charge is 2.29. The van der Waals surface area contributed by atoms with Gasteiger partial charge in [-0.1, -0.05) is 36.4 Å². The predicted octanol–water partition coefficient (Wildman–Crippen LogP) is 2.56. The van der Waals surface area contributed by atoms with Crippen molar-refractivity contribution < 1.29 is 47.8 Å². The third kappa shape index (κ3) is 23.7. The van der Waals surface area contributed by atoms with Gasteiger partial charge in [-0.05, 0) is 82.3 Å². The largest absolute Gasteiger partial charge is 0.379 e. The van der Waals surface area contributed by atoms with Crippen LogP contribution in [0.5, 0.6) is 0 Å². The van der Waals surface area contributed by atoms with Gasteiger partial charge in [0, 0.05) is 94.6 Å². The Morgan fingerprint density at radius 1 is 0.821 bits per heavy atom. The molecular weight excluding hydrogens is 863 g/mol. The summed E-state index contributed by atoms with van der Waals surface area (Å²) >= 11 is 0. The number of aromatic nitrogens is 2. The molecule has 19 heteroatoms. The van der Waals surface area contributed by atoms with Crippen molar-refractivity contribution in [2.75, 3.05) is 65.5 Å². The van der Waals surface area contributed by atoms with Crippen LogP contribution in [0.3, 0.4) is 0 Å². The number of primary amides is 1. The first-order valence-corrected chi connectivity index (χ1v) is 22.8. The first-order chi connectivity index (χ1) is 32.4. The second kappa shape index (κ2) is 32.5. The molecule has 7 N–H and O–H groups in total. The maximum atomic E-state index is 12.4. The van der Waals surface area contributed by atoms with Gasteiger partial charge in [-0.3, -0.25) is 38.7 Å². The Hall–Kier alpha value is -6.15. The highest BCUT2D eigenvalue weighted by Crippen LogP contribution is 2.25. The van der Waals surface area contributed by atoms with Crippen molar-refractivity contribution in [3.63, 3.8) is 0 Å². The van der Waals surface area contributed by atoms with E-state index in [1.54, 1.807) is 37.5 Å². The average molecular weight is 932 g/mol. The summed E-state index contributed by atoms with van der Waals surface area (Å²) in [5.74, 6) is -0.725. The van der Waals surface area contributed by atoms with Gasteiger partial charge in [-0.15, -0.1) is 0 Å². The Kier molecular flexibility index (Phi) is 26.8. The number of carbonyl (C=O) groups is 7. The molecule has 4 heterocycles. The molecule has 2 aromatic heterocycles. The van der Waals surface area contributed by atoms with Crippen molar-refractivity contribution in [2.45, 2.75) is 89.5 Å². The van der Waals surface area contributed by atoms with Gasteiger partial charge in [0.05, 0.1) is 32.5 Å². The van der Waals surface area contributed by atoms with E-state index >= 15 is 0 Å². The Bertz CT molecular complexity index is 1910. The fraction of sp³-hybridized carbons (Fsp3) is 0.521. The lowest BCUT2D eigenvalue weighted by molar-refractivity contribution is -0.127. The number of amides is 6. The summed E-state index contributed by atoms with van der Waals surface area (Å²) in [6.07, 6.45) is 11.4. The van der Waals surface area contributed by atoms with E-state index in [2.05, 4.69) is 36.6 Å². The molecule has 3 aromatic rings. The van der Waals surface area contributed by atoms with Crippen molar-refractivity contribution >= 4 is 47.4 Å². The summed E-state index contributed by atoms with van der Waals surface area (Å²) < 4.78 is 16.3. The van der Waals surface area contributed by atoms with Gasteiger partial charge < -0.3 is 56.2 Å². The molecule has 67 heavy (non-hydrogen) atoms. The molecule has 2 saturated heterocycles. The highest BCUT2D eigenvalue weighted by atomic mass is 16.5. The summed E-state index contributed by atoms with van der Waals surface area (Å²) in [5, 5.41) is 14.5. The number of hydrogen-bond acceptors (Lipinski definition) is 13. The van der Waals surface area contributed by atoms with E-state index < -0.39 is 12.0 Å². The van der Waals surface area contributed by atoms with E-state index in [0.717, 1.165) is 44.0 Å². The molecule has 6 amide bonds. The minimum Gasteiger partial charge on any atom is -0.379 e. The van der Waals surface area contributed by atoms with Crippen LogP contribution in [-0.2, 0) is 49.5 Å². The van der Waals surface area contributed by atoms with Crippen LogP contribution in [0, 0.1) is 11.8 Å². The van der Waals surface area contributed by atoms with Crippen molar-refractivity contribution in [2.24, 2.45) is 17.6 Å². The highest BCUT2D eigenvalue weighted by molar-refractivity contribution is 5.96. The maximum Gasteiger partial charge on any atom is 0.267 e. The fourth-order valence-electron chi connectivity index (χ4n) is 6.97. The topological polar surface area (TPSA) is 262 Å². The number of hydrogen-bond donors (Lipinski definition) is 6. The van der Waals surface area contributed by atoms with Crippen molar-refractivity contribution in [3.8, 4) is 0 Å². The first-order valence-electron chi connectivity index (χ1n) is 22.8. The summed E-state index contributed by atoms with van der Waals surface area (Å²) in [5.41, 5.74) is 6.82. The molecule has 3 fully saturated rings. The van der Waals surface area contributed by atoms with Crippen LogP contribution in [0.1, 0.15) is 80.8 Å². The Morgan fingerprint density at radius 3 is 2.09 bits per heavy atom. The van der Waals surface area contributed by atoms with Gasteiger partial charge in [0.2, 0.25) is 23.6 Å². The number of carbonyl (C=O) groups excluding carboxylic acids is 7. The van der Waals surface area contributed by atoms with E-state index in [1.807, 2.05) is 55.5 Å². The van der Waals surface area contributed by atoms with Gasteiger partial charge >= 0.3 is 0 Å². The first kappa shape index (κ1) is 55.2. The fourth-order valence-corrected chi connectivity index (χ4v) is 6.97. The van der Waals surface area contributed by atoms with Gasteiger partial charge in [0.1, 0.15) is 18.1 Å². The van der Waals surface area contributed by atoms with Crippen LogP contribution in [-0.4, -0.2) is 135 Å². The minimum absolute atomic E-state index is 0.0000219. The molecule has 0 radical (unpaired) electrons. The lowest BCUT2D eigenvalue weighted by atomic mass is 9.85. The molecule has 3 unspecified atom stereocenters. The Morgan fingerprint density at radius 2 is 1.52 bits per heavy atom. The lowest BCUT2D eigenvalue weighted by Crippen LogP contribution is -2.41. The molecule has 0 spiro atoms. The van der Waals surface area contributed by atoms with E-state index in [1.165, 1.54) is 12.3 Å². The molecule has 366 valence electrons. The van der Waals surface area contributed by atoms with Crippen molar-refractivity contribution in [3.05, 3.63) is 90.5 Å². The van der Waals surface area contributed by atoms with Crippen LogP contribution in [0.25, 0.3) is 0 Å². The second-order valence-corrected chi connectivity index (χ2v) is 16.2. The summed E-state index contributed by atoms with van der Waals surface area (Å²) in [7, 11) is 3.52. The lowest BCUT2D eigenvalue weighted by Gasteiger charge is -2.28. The number of pyridine rings is 2. The number of nitrogens with zero attached hydrogens (tertiary/aromatic N) is 3. The maximum absolute atomic E-state index is 12.4. The third-order valence-corrected chi connectivity index (χ3v) is 10.7. The molecule has 1 aromatic carbocycles. The molecule has 6 rings (SSSR count). The van der Waals surface area contributed by atoms with Gasteiger partial charge in [0.25, 0.3) is 11.8 Å². The number of rotatable bonds is 20. The molecule has 0 bridgehead atoms. The normalized spacial score (nSPS) is 19.4. The SMILES string of the molecule is CC1CCC(C(=O)Nc2ccnc(C(N)=O)c2)O1.CN1CC(C=O)CC1=O.CNCCC(=O)NCCOCCOCCC(=O)NC1CCC(C(=O)NCc2ccccc2)CC1.c1ccncc1. The Balaban J connectivity index is 0.000000294. The number of likely N-dealkylation sites (tertiary alicyclic amines) is 1. The van der Waals surface area contributed by atoms with E-state index in [0.29, 0.717) is 84.0 Å². The van der Waals surface area contributed by atoms with Crippen molar-refractivity contribution in [1.82, 2.24) is 36.1 Å². The summed E-state index contributed by atoms with van der Waals surface area (Å²) in [4.78, 5) is 88.8. The van der Waals surface area contributed by atoms with E-state index in [-0.39, 0.29) is 59.2 Å². The number of ether oxygens (including phenoxy) is 3. The smallest absolute Gasteiger partial charge is 0.267 e. The third-order valence-electron chi connectivity index (χ3n) is 10.7. The predicted molar refractivity (Wildman–Crippen MR) is 251 cm³/mol. The number of aldehydes is 1. The molecule has 1 aliphatic carbocycles. The van der Waals surface area contributed by atoms with Gasteiger partial charge in [-0.2, -0.15) is 0 Å². The van der Waals surface area contributed by atoms with Crippen molar-refractivity contribution in [1.29, 1.82) is 0 Å². The second-order valence-electron chi connectivity index (χ2n) is 16.2. The monoisotopic (exact) mass is 932 g/mol. The Labute approximate surface area is 393 Å². The molecule has 2 aliphatic heterocycles. The van der Waals surface area contributed by atoms with Crippen LogP contribution in [0.4, 0.5) is 5.69 Å². The van der Waals surface area contributed by atoms with Gasteiger partial charge in [0.15, 0.2) is 0 Å². The zero-order chi connectivity index (χ0) is 48.7. The van der Waals surface area contributed by atoms with Gasteiger partial charge in [-0.25, -0.2) is 0 Å². The molecule has 19 nitrogen and oxygen atoms in total. The van der Waals surface area contributed by atoms with Crippen LogP contribution < -0.4 is 32.3 Å². The molecule has 1 saturated carbocycles. The molecular formula is C48H69N9O10. The quantitative estimate of drug-likeness (QED) is 0.0704. The summed E-state index contributed by atoms with van der Waals surface area (Å²) in [6.45, 7) is 5.82. The van der Waals surface area contributed by atoms with Crippen LogP contribution in [0.2, 0.25) is 0 Å². The van der Waals surface area contributed by atoms with Crippen LogP contribution >= 0.6 is 0 Å². The molecule has 3 aliphatic rings. The van der Waals surface area contributed by atoms with E-state index in [4.69, 9.17) is 19.9 Å². The zero-order valence-corrected chi connectivity index (χ0v) is 39.0. The summed E-state index contributed by atoms with van der Waals surface area (Å²) in [6, 6.07) is 18.8. The molecule has 3 atom stereocenters. The number of nitrogens with one attached hydrogen (secondary N) is 5. The standard InChI is InChI=1S/C25H40N4O5.C12H15N3O3.C6H9NO2.C5H5N/c1-26-13-11-23(30)27-14-16-34-18-17-33-15-12-24(31)29-22-9-7-21(8-10-22)25(32)28-19-20-5-3-2-4-6-20;1-7-2-3-10(18-7)12(17)15-8-4-5-14-9(6-8)11(13)16;1-7-3-5(4-8)2-6(7)9;1-2-4-6-5-3-1/h2-6,21-22,26H,7-19H2,1H3,(H,27,30)(H,28,32)(H,29,31);4-7,10H,2-3H2,1H3,(H2,13,16)(H,14,15,17);4-5H,2-3H2,1H3;1-5H. The van der Waals surface area contributed by atoms with Crippen LogP contribution in [0.15, 0.2) is 79.3 Å². The number of nitrogens with two attached hydrogens (primary N) is 1. The zero-order valence-electron chi connectivity index (χ0n) is 39.0. The number of benzene rings is 1. The minimum atomic E-state index is -0.628. The van der Waals surface area contributed by atoms with E-state index in [9.17, 15) is 33.6 Å². The average Bonchev–Trinajstić information content (AvgIpc) is 3.94.